The first-order chi connectivity index (χ1) is 6.25. The molecule has 0 bridgehead atoms. The van der Waals surface area contributed by atoms with Gasteiger partial charge in [0.15, 0.2) is 0 Å². The molecule has 0 amide bonds. The Morgan fingerprint density at radius 2 is 1.77 bits per heavy atom. The Morgan fingerprint density at radius 3 is 2.31 bits per heavy atom. The number of benzene rings is 1. The Labute approximate surface area is 72.4 Å². The lowest BCUT2D eigenvalue weighted by atomic mass is 10.1. The van der Waals surface area contributed by atoms with E-state index < -0.39 is 11.6 Å². The van der Waals surface area contributed by atoms with Gasteiger partial charge in [0.05, 0.1) is 0 Å². The third kappa shape index (κ3) is 1.53. The summed E-state index contributed by atoms with van der Waals surface area (Å²) in [6.45, 7) is 0. The molecule has 0 unspecified atom stereocenters. The Morgan fingerprint density at radius 1 is 1.08 bits per heavy atom. The van der Waals surface area contributed by atoms with E-state index in [-0.39, 0.29) is 0 Å². The maximum Gasteiger partial charge on any atom is 0.126 e. The van der Waals surface area contributed by atoms with Gasteiger partial charge in [0.2, 0.25) is 0 Å². The van der Waals surface area contributed by atoms with Gasteiger partial charge in [0, 0.05) is 17.8 Å². The summed E-state index contributed by atoms with van der Waals surface area (Å²) >= 11 is 0. The van der Waals surface area contributed by atoms with Crippen molar-refractivity contribution in [3.05, 3.63) is 36.0 Å². The molecule has 0 aliphatic heterocycles. The molecule has 13 heavy (non-hydrogen) atoms. The van der Waals surface area contributed by atoms with Crippen molar-refractivity contribution < 1.29 is 8.78 Å². The minimum Gasteiger partial charge on any atom is -0.265 e. The predicted molar refractivity (Wildman–Crippen MR) is 41.7 cm³/mol. The second-order valence-corrected chi connectivity index (χ2v) is 2.52. The first-order valence-electron chi connectivity index (χ1n) is 3.58. The van der Waals surface area contributed by atoms with Crippen LogP contribution in [0.4, 0.5) is 8.78 Å². The SMILES string of the molecule is Fc1cc(F)cc(-c2c[nH]nn2)c1. The molecule has 0 saturated heterocycles. The van der Waals surface area contributed by atoms with E-state index in [1.165, 1.54) is 18.3 Å². The van der Waals surface area contributed by atoms with Gasteiger partial charge in [-0.3, -0.25) is 5.10 Å². The first kappa shape index (κ1) is 7.85. The summed E-state index contributed by atoms with van der Waals surface area (Å²) in [5.41, 5.74) is 0.782. The lowest BCUT2D eigenvalue weighted by Crippen LogP contribution is -1.84. The molecule has 0 aliphatic carbocycles. The van der Waals surface area contributed by atoms with Gasteiger partial charge in [-0.2, -0.15) is 0 Å². The van der Waals surface area contributed by atoms with E-state index in [2.05, 4.69) is 15.4 Å². The van der Waals surface area contributed by atoms with Crippen molar-refractivity contribution in [1.29, 1.82) is 0 Å². The van der Waals surface area contributed by atoms with Gasteiger partial charge in [0.1, 0.15) is 17.3 Å². The summed E-state index contributed by atoms with van der Waals surface area (Å²) < 4.78 is 25.4. The number of H-pyrrole nitrogens is 1. The van der Waals surface area contributed by atoms with Gasteiger partial charge in [0.25, 0.3) is 0 Å². The maximum atomic E-state index is 12.7. The lowest BCUT2D eigenvalue weighted by Gasteiger charge is -1.95. The number of hydrogen-bond acceptors (Lipinski definition) is 2. The number of hydrogen-bond donors (Lipinski definition) is 1. The molecule has 66 valence electrons. The topological polar surface area (TPSA) is 41.6 Å². The molecule has 0 aliphatic rings. The van der Waals surface area contributed by atoms with Crippen LogP contribution >= 0.6 is 0 Å². The number of aromatic nitrogens is 3. The van der Waals surface area contributed by atoms with E-state index in [4.69, 9.17) is 0 Å². The standard InChI is InChI=1S/C8H5F2N3/c9-6-1-5(2-7(10)3-6)8-4-11-13-12-8/h1-4H,(H,11,12,13). The Hall–Kier alpha value is -1.78. The molecule has 1 aromatic heterocycles. The molecule has 0 saturated carbocycles. The van der Waals surface area contributed by atoms with Crippen LogP contribution in [-0.2, 0) is 0 Å². The summed E-state index contributed by atoms with van der Waals surface area (Å²) in [5, 5.41) is 9.53. The number of aromatic amines is 1. The minimum absolute atomic E-state index is 0.367. The van der Waals surface area contributed by atoms with Crippen LogP contribution in [0.2, 0.25) is 0 Å². The summed E-state index contributed by atoms with van der Waals surface area (Å²) in [6.07, 6.45) is 1.47. The van der Waals surface area contributed by atoms with E-state index in [1.807, 2.05) is 0 Å². The third-order valence-corrected chi connectivity index (χ3v) is 1.58. The Balaban J connectivity index is 2.53. The van der Waals surface area contributed by atoms with Crippen LogP contribution in [-0.4, -0.2) is 15.4 Å². The van der Waals surface area contributed by atoms with Crippen LogP contribution in [0, 0.1) is 11.6 Å². The highest BCUT2D eigenvalue weighted by atomic mass is 19.1. The number of halogens is 2. The third-order valence-electron chi connectivity index (χ3n) is 1.58. The molecule has 0 atom stereocenters. The zero-order valence-corrected chi connectivity index (χ0v) is 6.46. The monoisotopic (exact) mass is 181 g/mol. The number of nitrogens with one attached hydrogen (secondary N) is 1. The largest absolute Gasteiger partial charge is 0.265 e. The second-order valence-electron chi connectivity index (χ2n) is 2.52. The second kappa shape index (κ2) is 2.93. The van der Waals surface area contributed by atoms with Gasteiger partial charge < -0.3 is 0 Å². The molecule has 2 aromatic rings. The van der Waals surface area contributed by atoms with Crippen LogP contribution in [0.25, 0.3) is 11.3 Å². The molecule has 0 radical (unpaired) electrons. The number of rotatable bonds is 1. The summed E-state index contributed by atoms with van der Waals surface area (Å²) in [5.74, 6) is -1.25. The van der Waals surface area contributed by atoms with E-state index in [9.17, 15) is 8.78 Å². The smallest absolute Gasteiger partial charge is 0.126 e. The van der Waals surface area contributed by atoms with Crippen LogP contribution < -0.4 is 0 Å². The Bertz CT molecular complexity index is 391. The first-order valence-corrected chi connectivity index (χ1v) is 3.58. The Kier molecular flexibility index (Phi) is 1.77. The molecular formula is C8H5F2N3. The van der Waals surface area contributed by atoms with Crippen molar-refractivity contribution in [3.63, 3.8) is 0 Å². The van der Waals surface area contributed by atoms with Gasteiger partial charge in [-0.1, -0.05) is 5.21 Å². The van der Waals surface area contributed by atoms with Crippen molar-refractivity contribution >= 4 is 0 Å². The van der Waals surface area contributed by atoms with E-state index >= 15 is 0 Å². The zero-order valence-electron chi connectivity index (χ0n) is 6.46. The fourth-order valence-corrected chi connectivity index (χ4v) is 1.04. The van der Waals surface area contributed by atoms with Crippen molar-refractivity contribution in [2.24, 2.45) is 0 Å². The minimum atomic E-state index is -0.627. The van der Waals surface area contributed by atoms with Crippen LogP contribution in [0.5, 0.6) is 0 Å². The van der Waals surface area contributed by atoms with E-state index in [1.54, 1.807) is 0 Å². The molecule has 1 heterocycles. The highest BCUT2D eigenvalue weighted by Gasteiger charge is 2.04. The number of nitrogens with zero attached hydrogens (tertiary/aromatic N) is 2. The fourth-order valence-electron chi connectivity index (χ4n) is 1.04. The van der Waals surface area contributed by atoms with Gasteiger partial charge in [-0.05, 0) is 12.1 Å². The summed E-state index contributed by atoms with van der Waals surface area (Å²) in [7, 11) is 0. The summed E-state index contributed by atoms with van der Waals surface area (Å²) in [6, 6.07) is 3.20. The fraction of sp³-hybridized carbons (Fsp3) is 0. The molecule has 1 aromatic carbocycles. The van der Waals surface area contributed by atoms with E-state index in [0.717, 1.165) is 6.07 Å². The highest BCUT2D eigenvalue weighted by molar-refractivity contribution is 5.57. The zero-order chi connectivity index (χ0) is 9.26. The average molecular weight is 181 g/mol. The molecule has 0 spiro atoms. The molecule has 5 heteroatoms. The summed E-state index contributed by atoms with van der Waals surface area (Å²) in [4.78, 5) is 0. The van der Waals surface area contributed by atoms with Crippen molar-refractivity contribution in [3.8, 4) is 11.3 Å². The molecule has 3 nitrogen and oxygen atoms in total. The van der Waals surface area contributed by atoms with Gasteiger partial charge in [-0.15, -0.1) is 5.10 Å². The normalized spacial score (nSPS) is 10.3. The molecule has 2 rings (SSSR count). The van der Waals surface area contributed by atoms with Gasteiger partial charge >= 0.3 is 0 Å². The molecular weight excluding hydrogens is 176 g/mol. The van der Waals surface area contributed by atoms with Crippen molar-refractivity contribution in [2.75, 3.05) is 0 Å². The van der Waals surface area contributed by atoms with E-state index in [0.29, 0.717) is 11.3 Å². The lowest BCUT2D eigenvalue weighted by molar-refractivity contribution is 0.584. The predicted octanol–water partition coefficient (Wildman–Crippen LogP) is 1.75. The van der Waals surface area contributed by atoms with Crippen molar-refractivity contribution in [1.82, 2.24) is 15.4 Å². The van der Waals surface area contributed by atoms with Crippen LogP contribution in [0.1, 0.15) is 0 Å². The van der Waals surface area contributed by atoms with Crippen LogP contribution in [0.3, 0.4) is 0 Å². The molecule has 1 N–H and O–H groups in total. The van der Waals surface area contributed by atoms with Crippen molar-refractivity contribution in [2.45, 2.75) is 0 Å². The molecule has 0 fully saturated rings. The highest BCUT2D eigenvalue weighted by Crippen LogP contribution is 2.17. The average Bonchev–Trinajstić information content (AvgIpc) is 2.53. The van der Waals surface area contributed by atoms with Gasteiger partial charge in [-0.25, -0.2) is 8.78 Å². The maximum absolute atomic E-state index is 12.7. The quantitative estimate of drug-likeness (QED) is 0.728. The van der Waals surface area contributed by atoms with Crippen LogP contribution in [0.15, 0.2) is 24.4 Å².